The minimum atomic E-state index is -3.84. The van der Waals surface area contributed by atoms with E-state index < -0.39 is 10.0 Å². The fourth-order valence-corrected chi connectivity index (χ4v) is 4.10. The number of hydrogen-bond acceptors (Lipinski definition) is 4. The predicted octanol–water partition coefficient (Wildman–Crippen LogP) is 3.88. The van der Waals surface area contributed by atoms with Gasteiger partial charge in [-0.3, -0.25) is 14.5 Å². The average molecular weight is 460 g/mol. The number of aromatic nitrogens is 1. The third kappa shape index (κ3) is 4.96. The van der Waals surface area contributed by atoms with Crippen molar-refractivity contribution >= 4 is 37.5 Å². The van der Waals surface area contributed by atoms with E-state index in [1.807, 2.05) is 13.0 Å². The zero-order chi connectivity index (χ0) is 20.1. The van der Waals surface area contributed by atoms with E-state index in [9.17, 15) is 13.2 Å². The highest BCUT2D eigenvalue weighted by Gasteiger charge is 2.18. The molecule has 1 aromatic heterocycles. The summed E-state index contributed by atoms with van der Waals surface area (Å²) in [6, 6.07) is 14.9. The van der Waals surface area contributed by atoms with Crippen molar-refractivity contribution in [3.8, 4) is 0 Å². The Kier molecular flexibility index (Phi) is 6.11. The number of carbonyl (C=O) groups is 1. The van der Waals surface area contributed by atoms with Crippen molar-refractivity contribution < 1.29 is 13.2 Å². The van der Waals surface area contributed by atoms with Crippen molar-refractivity contribution in [1.29, 1.82) is 0 Å². The lowest BCUT2D eigenvalue weighted by Crippen LogP contribution is -2.23. The number of aryl methyl sites for hydroxylation is 1. The molecule has 1 heterocycles. The summed E-state index contributed by atoms with van der Waals surface area (Å²) >= 11 is 3.34. The maximum atomic E-state index is 12.7. The number of carbonyl (C=O) groups excluding carboxylic acids is 1. The molecule has 0 saturated carbocycles. The maximum absolute atomic E-state index is 12.7. The van der Waals surface area contributed by atoms with Gasteiger partial charge in [-0.15, -0.1) is 0 Å². The van der Waals surface area contributed by atoms with Gasteiger partial charge < -0.3 is 5.32 Å². The van der Waals surface area contributed by atoms with Crippen molar-refractivity contribution in [3.05, 3.63) is 88.2 Å². The fourth-order valence-electron chi connectivity index (χ4n) is 2.51. The van der Waals surface area contributed by atoms with Crippen LogP contribution in [0.4, 0.5) is 5.69 Å². The summed E-state index contributed by atoms with van der Waals surface area (Å²) in [5.41, 5.74) is 2.52. The molecular weight excluding hydrogens is 442 g/mol. The minimum Gasteiger partial charge on any atom is -0.348 e. The van der Waals surface area contributed by atoms with Crippen LogP contribution in [0.3, 0.4) is 0 Å². The Morgan fingerprint density at radius 3 is 2.57 bits per heavy atom. The maximum Gasteiger partial charge on any atom is 0.261 e. The summed E-state index contributed by atoms with van der Waals surface area (Å²) < 4.78 is 28.7. The first-order valence-corrected chi connectivity index (χ1v) is 10.7. The fraction of sp³-hybridized carbons (Fsp3) is 0.100. The number of benzene rings is 2. The van der Waals surface area contributed by atoms with E-state index in [1.165, 1.54) is 12.1 Å². The van der Waals surface area contributed by atoms with Crippen molar-refractivity contribution in [3.63, 3.8) is 0 Å². The van der Waals surface area contributed by atoms with Crippen LogP contribution in [-0.2, 0) is 16.6 Å². The number of amides is 1. The standard InChI is InChI=1S/C20H18BrN3O3S/c1-14-5-6-18(21)19(11-14)24-28(26,27)17-4-2-3-16(12-17)20(25)23-13-15-7-9-22-10-8-15/h2-12,24H,13H2,1H3,(H,23,25). The summed E-state index contributed by atoms with van der Waals surface area (Å²) in [6.07, 6.45) is 3.29. The highest BCUT2D eigenvalue weighted by atomic mass is 79.9. The molecular formula is C20H18BrN3O3S. The van der Waals surface area contributed by atoms with E-state index in [0.717, 1.165) is 11.1 Å². The first kappa shape index (κ1) is 20.0. The third-order valence-electron chi connectivity index (χ3n) is 3.98. The summed E-state index contributed by atoms with van der Waals surface area (Å²) in [5, 5.41) is 2.77. The molecule has 8 heteroatoms. The van der Waals surface area contributed by atoms with Crippen LogP contribution < -0.4 is 10.0 Å². The van der Waals surface area contributed by atoms with E-state index in [2.05, 4.69) is 31.0 Å². The molecule has 0 bridgehead atoms. The van der Waals surface area contributed by atoms with E-state index >= 15 is 0 Å². The third-order valence-corrected chi connectivity index (χ3v) is 6.03. The number of pyridine rings is 1. The summed E-state index contributed by atoms with van der Waals surface area (Å²) in [6.45, 7) is 2.20. The van der Waals surface area contributed by atoms with Crippen LogP contribution in [0, 0.1) is 6.92 Å². The monoisotopic (exact) mass is 459 g/mol. The number of rotatable bonds is 6. The number of hydrogen-bond donors (Lipinski definition) is 2. The first-order chi connectivity index (χ1) is 13.3. The Hall–Kier alpha value is -2.71. The normalized spacial score (nSPS) is 11.1. The van der Waals surface area contributed by atoms with Gasteiger partial charge in [0.1, 0.15) is 0 Å². The molecule has 0 radical (unpaired) electrons. The lowest BCUT2D eigenvalue weighted by Gasteiger charge is -2.12. The Bertz CT molecular complexity index is 1100. The SMILES string of the molecule is Cc1ccc(Br)c(NS(=O)(=O)c2cccc(C(=O)NCc3ccncc3)c2)c1. The molecule has 144 valence electrons. The summed E-state index contributed by atoms with van der Waals surface area (Å²) in [5.74, 6) is -0.356. The van der Waals surface area contributed by atoms with Gasteiger partial charge in [-0.2, -0.15) is 0 Å². The second kappa shape index (κ2) is 8.53. The van der Waals surface area contributed by atoms with Crippen molar-refractivity contribution in [2.75, 3.05) is 4.72 Å². The van der Waals surface area contributed by atoms with Gasteiger partial charge in [0.15, 0.2) is 0 Å². The van der Waals surface area contributed by atoms with E-state index in [-0.39, 0.29) is 16.4 Å². The molecule has 1 amide bonds. The van der Waals surface area contributed by atoms with Crippen LogP contribution >= 0.6 is 15.9 Å². The molecule has 0 atom stereocenters. The lowest BCUT2D eigenvalue weighted by atomic mass is 10.2. The lowest BCUT2D eigenvalue weighted by molar-refractivity contribution is 0.0950. The van der Waals surface area contributed by atoms with Gasteiger partial charge >= 0.3 is 0 Å². The van der Waals surface area contributed by atoms with Gasteiger partial charge in [0.05, 0.1) is 10.6 Å². The minimum absolute atomic E-state index is 0.0115. The number of anilines is 1. The molecule has 6 nitrogen and oxygen atoms in total. The van der Waals surface area contributed by atoms with Crippen LogP contribution in [0.25, 0.3) is 0 Å². The van der Waals surface area contributed by atoms with Crippen molar-refractivity contribution in [1.82, 2.24) is 10.3 Å². The Labute approximate surface area is 172 Å². The van der Waals surface area contributed by atoms with Gasteiger partial charge in [-0.25, -0.2) is 8.42 Å². The second-order valence-corrected chi connectivity index (χ2v) is 8.69. The zero-order valence-corrected chi connectivity index (χ0v) is 17.4. The molecule has 2 aromatic carbocycles. The van der Waals surface area contributed by atoms with Gasteiger partial charge in [-0.05, 0) is 76.4 Å². The van der Waals surface area contributed by atoms with Crippen LogP contribution in [-0.4, -0.2) is 19.3 Å². The van der Waals surface area contributed by atoms with Crippen LogP contribution in [0.15, 0.2) is 76.4 Å². The molecule has 0 fully saturated rings. The van der Waals surface area contributed by atoms with Gasteiger partial charge in [0, 0.05) is 29.0 Å². The molecule has 28 heavy (non-hydrogen) atoms. The summed E-state index contributed by atoms with van der Waals surface area (Å²) in [7, 11) is -3.84. The van der Waals surface area contributed by atoms with Crippen molar-refractivity contribution in [2.45, 2.75) is 18.4 Å². The van der Waals surface area contributed by atoms with Crippen LogP contribution in [0.1, 0.15) is 21.5 Å². The van der Waals surface area contributed by atoms with E-state index in [4.69, 9.17) is 0 Å². The predicted molar refractivity (Wildman–Crippen MR) is 112 cm³/mol. The van der Waals surface area contributed by atoms with Gasteiger partial charge in [0.25, 0.3) is 15.9 Å². The van der Waals surface area contributed by atoms with Gasteiger partial charge in [0.2, 0.25) is 0 Å². The van der Waals surface area contributed by atoms with Crippen molar-refractivity contribution in [2.24, 2.45) is 0 Å². The molecule has 0 unspecified atom stereocenters. The molecule has 3 aromatic rings. The van der Waals surface area contributed by atoms with Gasteiger partial charge in [-0.1, -0.05) is 12.1 Å². The smallest absolute Gasteiger partial charge is 0.261 e. The second-order valence-electron chi connectivity index (χ2n) is 6.15. The highest BCUT2D eigenvalue weighted by Crippen LogP contribution is 2.26. The molecule has 2 N–H and O–H groups in total. The molecule has 0 aliphatic carbocycles. The summed E-state index contributed by atoms with van der Waals surface area (Å²) in [4.78, 5) is 16.3. The molecule has 0 aliphatic rings. The van der Waals surface area contributed by atoms with Crippen LogP contribution in [0.5, 0.6) is 0 Å². The number of nitrogens with one attached hydrogen (secondary N) is 2. The first-order valence-electron chi connectivity index (χ1n) is 8.41. The number of halogens is 1. The largest absolute Gasteiger partial charge is 0.348 e. The highest BCUT2D eigenvalue weighted by molar-refractivity contribution is 9.10. The van der Waals surface area contributed by atoms with E-state index in [1.54, 1.807) is 48.8 Å². The molecule has 0 saturated heterocycles. The average Bonchev–Trinajstić information content (AvgIpc) is 2.69. The molecule has 3 rings (SSSR count). The quantitative estimate of drug-likeness (QED) is 0.585. The van der Waals surface area contributed by atoms with Crippen LogP contribution in [0.2, 0.25) is 0 Å². The van der Waals surface area contributed by atoms with E-state index in [0.29, 0.717) is 16.7 Å². The number of sulfonamides is 1. The Balaban J connectivity index is 1.77. The Morgan fingerprint density at radius 2 is 1.82 bits per heavy atom. The molecule has 0 aliphatic heterocycles. The zero-order valence-electron chi connectivity index (χ0n) is 15.0. The Morgan fingerprint density at radius 1 is 1.07 bits per heavy atom. The topological polar surface area (TPSA) is 88.2 Å². The number of nitrogens with zero attached hydrogens (tertiary/aromatic N) is 1. The molecule has 0 spiro atoms.